The summed E-state index contributed by atoms with van der Waals surface area (Å²) in [5.41, 5.74) is 3.51. The van der Waals surface area contributed by atoms with Gasteiger partial charge in [0.1, 0.15) is 6.33 Å². The highest BCUT2D eigenvalue weighted by atomic mass is 16.5. The Labute approximate surface area is 175 Å². The summed E-state index contributed by atoms with van der Waals surface area (Å²) < 4.78 is 6.94. The lowest BCUT2D eigenvalue weighted by atomic mass is 10.1. The summed E-state index contributed by atoms with van der Waals surface area (Å²) in [6.07, 6.45) is 6.56. The van der Waals surface area contributed by atoms with Crippen molar-refractivity contribution in [2.75, 3.05) is 44.7 Å². The van der Waals surface area contributed by atoms with Gasteiger partial charge >= 0.3 is 0 Å². The fourth-order valence-electron chi connectivity index (χ4n) is 3.97. The van der Waals surface area contributed by atoms with Crippen molar-refractivity contribution in [3.63, 3.8) is 0 Å². The maximum atomic E-state index is 5.33. The quantitative estimate of drug-likeness (QED) is 0.661. The summed E-state index contributed by atoms with van der Waals surface area (Å²) in [5.74, 6) is 1.17. The predicted octanol–water partition coefficient (Wildman–Crippen LogP) is 1.63. The molecule has 2 aromatic heterocycles. The van der Waals surface area contributed by atoms with Crippen molar-refractivity contribution in [1.29, 1.82) is 0 Å². The van der Waals surface area contributed by atoms with Crippen molar-refractivity contribution in [3.05, 3.63) is 54.2 Å². The smallest absolute Gasteiger partial charge is 0.247 e. The Bertz CT molecular complexity index is 980. The van der Waals surface area contributed by atoms with Gasteiger partial charge in [-0.05, 0) is 30.2 Å². The molecule has 156 valence electrons. The normalized spacial score (nSPS) is 18.3. The summed E-state index contributed by atoms with van der Waals surface area (Å²) >= 11 is 0. The summed E-state index contributed by atoms with van der Waals surface area (Å²) in [6, 6.07) is 7.18. The van der Waals surface area contributed by atoms with E-state index in [0.29, 0.717) is 17.8 Å². The maximum Gasteiger partial charge on any atom is 0.247 e. The number of nitrogens with one attached hydrogen (secondary N) is 1. The monoisotopic (exact) mass is 406 g/mol. The Morgan fingerprint density at radius 3 is 2.67 bits per heavy atom. The molecular weight excluding hydrogens is 380 g/mol. The molecule has 2 saturated heterocycles. The number of hydrogen-bond acceptors (Lipinski definition) is 8. The molecule has 1 aromatic carbocycles. The summed E-state index contributed by atoms with van der Waals surface area (Å²) in [6.45, 7) is 9.29. The molecule has 4 heterocycles. The first-order chi connectivity index (χ1) is 14.7. The molecule has 0 bridgehead atoms. The molecule has 1 N–H and O–H groups in total. The second-order valence-corrected chi connectivity index (χ2v) is 7.91. The first-order valence-electron chi connectivity index (χ1n) is 10.3. The number of aryl methyl sites for hydroxylation is 1. The Morgan fingerprint density at radius 1 is 1.07 bits per heavy atom. The Morgan fingerprint density at radius 2 is 1.93 bits per heavy atom. The number of rotatable bonds is 6. The van der Waals surface area contributed by atoms with Crippen molar-refractivity contribution < 1.29 is 4.74 Å². The van der Waals surface area contributed by atoms with Gasteiger partial charge < -0.3 is 10.1 Å². The van der Waals surface area contributed by atoms with Crippen LogP contribution in [0.5, 0.6) is 0 Å². The van der Waals surface area contributed by atoms with Crippen molar-refractivity contribution in [3.8, 4) is 5.82 Å². The minimum Gasteiger partial charge on any atom is -0.378 e. The first-order valence-corrected chi connectivity index (χ1v) is 10.3. The zero-order chi connectivity index (χ0) is 20.3. The molecule has 0 unspecified atom stereocenters. The van der Waals surface area contributed by atoms with E-state index in [2.05, 4.69) is 60.3 Å². The van der Waals surface area contributed by atoms with Gasteiger partial charge in [0.25, 0.3) is 0 Å². The maximum absolute atomic E-state index is 5.33. The number of benzene rings is 1. The fraction of sp³-hybridized carbons (Fsp3) is 0.429. The van der Waals surface area contributed by atoms with Crippen molar-refractivity contribution in [2.24, 2.45) is 0 Å². The van der Waals surface area contributed by atoms with Crippen LogP contribution in [-0.2, 0) is 11.3 Å². The van der Waals surface area contributed by atoms with E-state index < -0.39 is 0 Å². The average molecular weight is 406 g/mol. The van der Waals surface area contributed by atoms with Crippen LogP contribution in [0.15, 0.2) is 43.1 Å². The molecule has 0 spiro atoms. The molecule has 2 fully saturated rings. The van der Waals surface area contributed by atoms with Crippen LogP contribution in [0.3, 0.4) is 0 Å². The van der Waals surface area contributed by atoms with Crippen LogP contribution in [0.4, 0.5) is 11.6 Å². The van der Waals surface area contributed by atoms with Crippen molar-refractivity contribution in [2.45, 2.75) is 19.5 Å². The highest BCUT2D eigenvalue weighted by molar-refractivity contribution is 5.56. The molecule has 0 aliphatic carbocycles. The molecule has 9 nitrogen and oxygen atoms in total. The van der Waals surface area contributed by atoms with Crippen molar-refractivity contribution in [1.82, 2.24) is 34.5 Å². The predicted molar refractivity (Wildman–Crippen MR) is 113 cm³/mol. The van der Waals surface area contributed by atoms with E-state index in [9.17, 15) is 0 Å². The molecule has 0 atom stereocenters. The topological polar surface area (TPSA) is 84.2 Å². The molecule has 0 amide bonds. The lowest BCUT2D eigenvalue weighted by molar-refractivity contribution is -0.0774. The van der Waals surface area contributed by atoms with Gasteiger partial charge in [-0.2, -0.15) is 9.67 Å². The molecule has 5 rings (SSSR count). The number of anilines is 2. The first kappa shape index (κ1) is 19.1. The lowest BCUT2D eigenvalue weighted by Crippen LogP contribution is -2.56. The molecule has 9 heteroatoms. The Kier molecular flexibility index (Phi) is 5.39. The second kappa shape index (κ2) is 8.47. The number of piperazine rings is 1. The van der Waals surface area contributed by atoms with Crippen molar-refractivity contribution >= 4 is 11.6 Å². The minimum atomic E-state index is 0.536. The zero-order valence-electron chi connectivity index (χ0n) is 17.1. The molecular formula is C21H26N8O. The third kappa shape index (κ3) is 4.33. The number of nitrogens with zero attached hydrogens (tertiary/aromatic N) is 7. The van der Waals surface area contributed by atoms with Crippen LogP contribution >= 0.6 is 0 Å². The lowest BCUT2D eigenvalue weighted by Gasteiger charge is -2.42. The molecule has 2 aliphatic heterocycles. The molecule has 0 saturated carbocycles. The molecule has 2 aliphatic rings. The SMILES string of the molecule is Cc1cc(CN2CCN(C3COC3)CC2)cc(Nc2ncn(-c3cnccn3)n2)c1. The van der Waals surface area contributed by atoms with Gasteiger partial charge in [-0.3, -0.25) is 14.8 Å². The van der Waals surface area contributed by atoms with E-state index >= 15 is 0 Å². The number of ether oxygens (including phenoxy) is 1. The summed E-state index contributed by atoms with van der Waals surface area (Å²) in [5, 5.41) is 7.77. The van der Waals surface area contributed by atoms with Crippen LogP contribution in [0.1, 0.15) is 11.1 Å². The second-order valence-electron chi connectivity index (χ2n) is 7.91. The van der Waals surface area contributed by atoms with Crippen LogP contribution in [0.2, 0.25) is 0 Å². The highest BCUT2D eigenvalue weighted by Crippen LogP contribution is 2.20. The van der Waals surface area contributed by atoms with Crippen LogP contribution in [-0.4, -0.2) is 80.0 Å². The summed E-state index contributed by atoms with van der Waals surface area (Å²) in [7, 11) is 0. The van der Waals surface area contributed by atoms with E-state index in [1.807, 2.05) is 0 Å². The van der Waals surface area contributed by atoms with Gasteiger partial charge in [-0.25, -0.2) is 4.98 Å². The van der Waals surface area contributed by atoms with Gasteiger partial charge in [-0.1, -0.05) is 6.07 Å². The fourth-order valence-corrected chi connectivity index (χ4v) is 3.97. The summed E-state index contributed by atoms with van der Waals surface area (Å²) in [4.78, 5) is 17.7. The standard InChI is InChI=1S/C21H26N8O/c1-16-8-17(12-27-4-6-28(7-5-27)19-13-30-14-19)10-18(9-16)25-21-24-15-29(26-21)20-11-22-2-3-23-20/h2-3,8-11,15,19H,4-7,12-14H2,1H3,(H,25,26). The Hall–Kier alpha value is -2.88. The Balaban J connectivity index is 1.22. The minimum absolute atomic E-state index is 0.536. The van der Waals surface area contributed by atoms with Gasteiger partial charge in [0, 0.05) is 50.8 Å². The largest absolute Gasteiger partial charge is 0.378 e. The molecule has 30 heavy (non-hydrogen) atoms. The average Bonchev–Trinajstić information content (AvgIpc) is 3.17. The van der Waals surface area contributed by atoms with E-state index in [1.165, 1.54) is 11.1 Å². The van der Waals surface area contributed by atoms with E-state index in [-0.39, 0.29) is 0 Å². The zero-order valence-corrected chi connectivity index (χ0v) is 17.1. The van der Waals surface area contributed by atoms with Gasteiger partial charge in [0.2, 0.25) is 5.95 Å². The van der Waals surface area contributed by atoms with Gasteiger partial charge in [-0.15, -0.1) is 5.10 Å². The van der Waals surface area contributed by atoms with E-state index in [1.54, 1.807) is 29.6 Å². The van der Waals surface area contributed by atoms with Crippen LogP contribution in [0, 0.1) is 6.92 Å². The van der Waals surface area contributed by atoms with Gasteiger partial charge in [0.05, 0.1) is 25.5 Å². The van der Waals surface area contributed by atoms with E-state index in [0.717, 1.165) is 51.6 Å². The van der Waals surface area contributed by atoms with Gasteiger partial charge in [0.15, 0.2) is 5.82 Å². The molecule has 0 radical (unpaired) electrons. The highest BCUT2D eigenvalue weighted by Gasteiger charge is 2.28. The number of aromatic nitrogens is 5. The third-order valence-electron chi connectivity index (χ3n) is 5.62. The number of hydrogen-bond donors (Lipinski definition) is 1. The van der Waals surface area contributed by atoms with Crippen LogP contribution in [0.25, 0.3) is 5.82 Å². The van der Waals surface area contributed by atoms with Crippen LogP contribution < -0.4 is 5.32 Å². The molecule has 3 aromatic rings. The van der Waals surface area contributed by atoms with E-state index in [4.69, 9.17) is 4.74 Å². The third-order valence-corrected chi connectivity index (χ3v) is 5.62.